The molecule has 1 amide bonds. The highest BCUT2D eigenvalue weighted by Gasteiger charge is 2.38. The molecule has 0 atom stereocenters. The van der Waals surface area contributed by atoms with E-state index in [1.165, 1.54) is 4.90 Å². The quantitative estimate of drug-likeness (QED) is 0.687. The molecular weight excluding hydrogens is 394 g/mol. The van der Waals surface area contributed by atoms with Gasteiger partial charge in [-0.3, -0.25) is 9.69 Å². The van der Waals surface area contributed by atoms with Gasteiger partial charge in [-0.25, -0.2) is 0 Å². The van der Waals surface area contributed by atoms with Crippen LogP contribution in [0, 0.1) is 11.3 Å². The molecule has 0 unspecified atom stereocenters. The fourth-order valence-electron chi connectivity index (χ4n) is 3.55. The number of piperidine rings is 1. The Morgan fingerprint density at radius 1 is 1.19 bits per heavy atom. The Hall–Kier alpha value is -0.280. The number of hydrogen-bond acceptors (Lipinski definition) is 4. The Balaban J connectivity index is 0.00000312. The standard InChI is InChI=1S/C16H28F3N3O2.2ClH/c17-16(18,19)12-22-7-2-13(3-8-22)1-6-21-14(23)15(11-20)4-9-24-10-5-15;;/h13H,1-12,20H2,(H,21,23);2*1H. The van der Waals surface area contributed by atoms with Gasteiger partial charge >= 0.3 is 6.18 Å². The molecule has 2 heterocycles. The molecule has 0 aliphatic carbocycles. The summed E-state index contributed by atoms with van der Waals surface area (Å²) < 4.78 is 42.4. The van der Waals surface area contributed by atoms with E-state index in [0.717, 1.165) is 19.3 Å². The van der Waals surface area contributed by atoms with Crippen molar-refractivity contribution in [1.29, 1.82) is 0 Å². The van der Waals surface area contributed by atoms with Crippen molar-refractivity contribution in [2.75, 3.05) is 45.9 Å². The third-order valence-electron chi connectivity index (χ3n) is 5.27. The van der Waals surface area contributed by atoms with Crippen LogP contribution in [-0.4, -0.2) is 62.9 Å². The van der Waals surface area contributed by atoms with Gasteiger partial charge in [-0.15, -0.1) is 24.8 Å². The lowest BCUT2D eigenvalue weighted by Gasteiger charge is -2.35. The van der Waals surface area contributed by atoms with Crippen molar-refractivity contribution in [3.05, 3.63) is 0 Å². The van der Waals surface area contributed by atoms with Crippen molar-refractivity contribution in [2.45, 2.75) is 38.3 Å². The lowest BCUT2D eigenvalue weighted by Crippen LogP contribution is -2.49. The number of nitrogens with zero attached hydrogens (tertiary/aromatic N) is 1. The number of rotatable bonds is 6. The molecule has 0 aromatic rings. The number of nitrogens with one attached hydrogen (secondary N) is 1. The normalized spacial score (nSPS) is 21.4. The van der Waals surface area contributed by atoms with Gasteiger partial charge < -0.3 is 15.8 Å². The van der Waals surface area contributed by atoms with E-state index in [1.54, 1.807) is 0 Å². The van der Waals surface area contributed by atoms with Gasteiger partial charge in [-0.1, -0.05) is 0 Å². The predicted octanol–water partition coefficient (Wildman–Crippen LogP) is 2.37. The van der Waals surface area contributed by atoms with Crippen LogP contribution >= 0.6 is 24.8 Å². The molecule has 2 saturated heterocycles. The number of ether oxygens (including phenoxy) is 1. The first-order valence-corrected chi connectivity index (χ1v) is 8.70. The van der Waals surface area contributed by atoms with E-state index in [2.05, 4.69) is 5.32 Å². The Morgan fingerprint density at radius 2 is 1.77 bits per heavy atom. The van der Waals surface area contributed by atoms with Gasteiger partial charge in [0.05, 0.1) is 12.0 Å². The van der Waals surface area contributed by atoms with Crippen molar-refractivity contribution in [2.24, 2.45) is 17.1 Å². The minimum absolute atomic E-state index is 0. The van der Waals surface area contributed by atoms with Crippen molar-refractivity contribution in [3.63, 3.8) is 0 Å². The molecule has 2 aliphatic heterocycles. The van der Waals surface area contributed by atoms with Gasteiger partial charge in [0.1, 0.15) is 0 Å². The number of nitrogens with two attached hydrogens (primary N) is 1. The topological polar surface area (TPSA) is 67.6 Å². The Kier molecular flexibility index (Phi) is 11.4. The van der Waals surface area contributed by atoms with Crippen LogP contribution in [0.25, 0.3) is 0 Å². The lowest BCUT2D eigenvalue weighted by molar-refractivity contribution is -0.148. The van der Waals surface area contributed by atoms with E-state index < -0.39 is 18.1 Å². The summed E-state index contributed by atoms with van der Waals surface area (Å²) in [5.74, 6) is 0.362. The van der Waals surface area contributed by atoms with Crippen LogP contribution in [0.1, 0.15) is 32.1 Å². The zero-order chi connectivity index (χ0) is 17.6. The van der Waals surface area contributed by atoms with Crippen LogP contribution in [-0.2, 0) is 9.53 Å². The highest BCUT2D eigenvalue weighted by atomic mass is 35.5. The summed E-state index contributed by atoms with van der Waals surface area (Å²) in [6.07, 6.45) is -0.524. The maximum Gasteiger partial charge on any atom is 0.401 e. The smallest absolute Gasteiger partial charge is 0.381 e. The van der Waals surface area contributed by atoms with Crippen molar-refractivity contribution in [3.8, 4) is 0 Å². The average Bonchev–Trinajstić information content (AvgIpc) is 2.55. The van der Waals surface area contributed by atoms with Crippen LogP contribution in [0.4, 0.5) is 13.2 Å². The SMILES string of the molecule is Cl.Cl.NCC1(C(=O)NCCC2CCN(CC(F)(F)F)CC2)CCOCC1. The maximum atomic E-state index is 12.4. The zero-order valence-electron chi connectivity index (χ0n) is 14.9. The number of hydrogen-bond donors (Lipinski definition) is 2. The Labute approximate surface area is 165 Å². The molecular formula is C16H30Cl2F3N3O2. The van der Waals surface area contributed by atoms with Gasteiger partial charge in [-0.05, 0) is 51.1 Å². The van der Waals surface area contributed by atoms with Gasteiger partial charge in [-0.2, -0.15) is 13.2 Å². The van der Waals surface area contributed by atoms with Gasteiger partial charge in [0, 0.05) is 26.3 Å². The van der Waals surface area contributed by atoms with E-state index >= 15 is 0 Å². The van der Waals surface area contributed by atoms with Gasteiger partial charge in [0.15, 0.2) is 0 Å². The first-order chi connectivity index (χ1) is 11.3. The van der Waals surface area contributed by atoms with E-state index in [4.69, 9.17) is 10.5 Å². The molecule has 2 rings (SSSR count). The first kappa shape index (κ1) is 25.7. The summed E-state index contributed by atoms with van der Waals surface area (Å²) in [5.41, 5.74) is 5.29. The molecule has 3 N–H and O–H groups in total. The number of amides is 1. The average molecular weight is 424 g/mol. The van der Waals surface area contributed by atoms with Gasteiger partial charge in [0.25, 0.3) is 0 Å². The molecule has 10 heteroatoms. The fourth-order valence-corrected chi connectivity index (χ4v) is 3.55. The summed E-state index contributed by atoms with van der Waals surface area (Å²) in [4.78, 5) is 13.9. The maximum absolute atomic E-state index is 12.4. The van der Waals surface area contributed by atoms with E-state index in [1.807, 2.05) is 0 Å². The van der Waals surface area contributed by atoms with Crippen LogP contribution in [0.5, 0.6) is 0 Å². The summed E-state index contributed by atoms with van der Waals surface area (Å²) in [5, 5.41) is 2.97. The van der Waals surface area contributed by atoms with Crippen molar-refractivity contribution >= 4 is 30.7 Å². The molecule has 2 aliphatic rings. The number of carbonyl (C=O) groups is 1. The molecule has 0 aromatic heterocycles. The summed E-state index contributed by atoms with van der Waals surface area (Å²) >= 11 is 0. The first-order valence-electron chi connectivity index (χ1n) is 8.70. The third-order valence-corrected chi connectivity index (χ3v) is 5.27. The molecule has 26 heavy (non-hydrogen) atoms. The predicted molar refractivity (Wildman–Crippen MR) is 98.9 cm³/mol. The highest BCUT2D eigenvalue weighted by Crippen LogP contribution is 2.29. The number of alkyl halides is 3. The second-order valence-corrected chi connectivity index (χ2v) is 6.98. The van der Waals surface area contributed by atoms with Gasteiger partial charge in [0.2, 0.25) is 5.91 Å². The minimum atomic E-state index is -4.12. The van der Waals surface area contributed by atoms with Crippen LogP contribution in [0.3, 0.4) is 0 Å². The molecule has 5 nitrogen and oxygen atoms in total. The highest BCUT2D eigenvalue weighted by molar-refractivity contribution is 5.85. The minimum Gasteiger partial charge on any atom is -0.381 e. The lowest BCUT2D eigenvalue weighted by atomic mass is 9.79. The van der Waals surface area contributed by atoms with Crippen molar-refractivity contribution < 1.29 is 22.7 Å². The summed E-state index contributed by atoms with van der Waals surface area (Å²) in [7, 11) is 0. The van der Waals surface area contributed by atoms with E-state index in [0.29, 0.717) is 58.2 Å². The largest absolute Gasteiger partial charge is 0.401 e. The summed E-state index contributed by atoms with van der Waals surface area (Å²) in [6, 6.07) is 0. The van der Waals surface area contributed by atoms with Crippen molar-refractivity contribution in [1.82, 2.24) is 10.2 Å². The molecule has 156 valence electrons. The molecule has 0 bridgehead atoms. The fraction of sp³-hybridized carbons (Fsp3) is 0.938. The molecule has 0 spiro atoms. The summed E-state index contributed by atoms with van der Waals surface area (Å²) in [6.45, 7) is 2.12. The molecule has 2 fully saturated rings. The Bertz CT molecular complexity index is 414. The van der Waals surface area contributed by atoms with E-state index in [9.17, 15) is 18.0 Å². The number of likely N-dealkylation sites (tertiary alicyclic amines) is 1. The monoisotopic (exact) mass is 423 g/mol. The van der Waals surface area contributed by atoms with E-state index in [-0.39, 0.29) is 30.7 Å². The second-order valence-electron chi connectivity index (χ2n) is 6.98. The molecule has 0 radical (unpaired) electrons. The molecule has 0 aromatic carbocycles. The number of carbonyl (C=O) groups excluding carboxylic acids is 1. The van der Waals surface area contributed by atoms with Crippen LogP contribution in [0.15, 0.2) is 0 Å². The van der Waals surface area contributed by atoms with Crippen LogP contribution in [0.2, 0.25) is 0 Å². The second kappa shape index (κ2) is 11.5. The van der Waals surface area contributed by atoms with Crippen LogP contribution < -0.4 is 11.1 Å². The molecule has 0 saturated carbocycles. The Morgan fingerprint density at radius 3 is 2.27 bits per heavy atom. The third kappa shape index (κ3) is 7.76. The number of halogens is 5. The zero-order valence-corrected chi connectivity index (χ0v) is 16.5.